The molecule has 10 heteroatoms. The molecular formula is C44H80ClNO5Si3. The van der Waals surface area contributed by atoms with Crippen LogP contribution in [0.1, 0.15) is 126 Å². The van der Waals surface area contributed by atoms with Gasteiger partial charge in [-0.25, -0.2) is 0 Å². The Morgan fingerprint density at radius 3 is 1.83 bits per heavy atom. The molecule has 0 bridgehead atoms. The average molecular weight is 823 g/mol. The van der Waals surface area contributed by atoms with E-state index in [-0.39, 0.29) is 45.8 Å². The predicted molar refractivity (Wildman–Crippen MR) is 238 cm³/mol. The zero-order valence-corrected chi connectivity index (χ0v) is 40.9. The van der Waals surface area contributed by atoms with Gasteiger partial charge >= 0.3 is 0 Å². The predicted octanol–water partition coefficient (Wildman–Crippen LogP) is 12.6. The standard InChI is InChI=1S/C44H80ClNO5Si3/c1-42(2,3)52(10,11)49-35(28-27-34-23-19-18-20-24-34)29-30-37-36(25-21-16-17-22-26-41(48)46-32-31-40(45)47)38(50-53(12,13)43(4,5)6)33-39(37)51-54(14,15)44(7,8)9/h16,18-21,23-24,35-39H,17,22,25-33H2,1-15H3,(H,46,48)/b21-16-/t35?,36-,37-,38?,39?/m1/s1. The smallest absolute Gasteiger partial charge is 0.223 e. The van der Waals surface area contributed by atoms with Crippen LogP contribution in [0, 0.1) is 11.8 Å². The lowest BCUT2D eigenvalue weighted by Crippen LogP contribution is -2.45. The zero-order chi connectivity index (χ0) is 41.2. The molecule has 1 aromatic rings. The van der Waals surface area contributed by atoms with Gasteiger partial charge in [0.1, 0.15) is 0 Å². The van der Waals surface area contributed by atoms with Crippen LogP contribution in [0.5, 0.6) is 0 Å². The Hall–Kier alpha value is -1.08. The van der Waals surface area contributed by atoms with Crippen molar-refractivity contribution in [2.24, 2.45) is 11.8 Å². The first-order valence-electron chi connectivity index (χ1n) is 20.8. The van der Waals surface area contributed by atoms with E-state index in [4.69, 9.17) is 24.9 Å². The summed E-state index contributed by atoms with van der Waals surface area (Å²) in [6.07, 6.45) is 13.2. The van der Waals surface area contributed by atoms with Crippen LogP contribution in [0.25, 0.3) is 0 Å². The van der Waals surface area contributed by atoms with E-state index in [0.717, 1.165) is 51.4 Å². The number of allylic oxidation sites excluding steroid dienone is 2. The maximum Gasteiger partial charge on any atom is 0.223 e. The number of nitrogens with one attached hydrogen (secondary N) is 1. The first-order chi connectivity index (χ1) is 24.7. The van der Waals surface area contributed by atoms with Crippen LogP contribution >= 0.6 is 11.6 Å². The second-order valence-corrected chi connectivity index (χ2v) is 35.2. The van der Waals surface area contributed by atoms with Crippen molar-refractivity contribution in [1.82, 2.24) is 5.32 Å². The third kappa shape index (κ3) is 15.7. The number of unbranched alkanes of at least 4 members (excludes halogenated alkanes) is 1. The number of aryl methyl sites for hydroxylation is 1. The van der Waals surface area contributed by atoms with Crippen molar-refractivity contribution in [1.29, 1.82) is 0 Å². The van der Waals surface area contributed by atoms with Crippen LogP contribution in [0.3, 0.4) is 0 Å². The van der Waals surface area contributed by atoms with Crippen LogP contribution in [0.15, 0.2) is 42.5 Å². The maximum atomic E-state index is 12.3. The fraction of sp³-hybridized carbons (Fsp3) is 0.773. The average Bonchev–Trinajstić information content (AvgIpc) is 3.32. The highest BCUT2D eigenvalue weighted by Crippen LogP contribution is 2.49. The lowest BCUT2D eigenvalue weighted by molar-refractivity contribution is -0.121. The van der Waals surface area contributed by atoms with Crippen LogP contribution in [0.4, 0.5) is 0 Å². The van der Waals surface area contributed by atoms with Gasteiger partial charge in [0.2, 0.25) is 11.1 Å². The topological polar surface area (TPSA) is 73.9 Å². The summed E-state index contributed by atoms with van der Waals surface area (Å²) in [5.74, 6) is 0.660. The molecule has 1 saturated carbocycles. The molecule has 6 nitrogen and oxygen atoms in total. The Morgan fingerprint density at radius 2 is 1.31 bits per heavy atom. The molecule has 5 atom stereocenters. The van der Waals surface area contributed by atoms with Gasteiger partial charge < -0.3 is 18.6 Å². The number of amides is 1. The van der Waals surface area contributed by atoms with Gasteiger partial charge in [0.15, 0.2) is 25.0 Å². The maximum absolute atomic E-state index is 12.3. The summed E-state index contributed by atoms with van der Waals surface area (Å²) in [7, 11) is -6.14. The molecule has 1 aliphatic rings. The summed E-state index contributed by atoms with van der Waals surface area (Å²) in [5, 5.41) is 2.72. The lowest BCUT2D eigenvalue weighted by atomic mass is 9.85. The number of halogens is 1. The molecule has 1 aromatic carbocycles. The molecule has 3 unspecified atom stereocenters. The van der Waals surface area contributed by atoms with Gasteiger partial charge in [-0.1, -0.05) is 105 Å². The second-order valence-electron chi connectivity index (χ2n) is 20.6. The number of carbonyl (C=O) groups is 2. The van der Waals surface area contributed by atoms with Crippen molar-refractivity contribution in [2.45, 2.75) is 199 Å². The van der Waals surface area contributed by atoms with E-state index < -0.39 is 30.2 Å². The number of rotatable bonds is 21. The number of hydrogen-bond acceptors (Lipinski definition) is 5. The fourth-order valence-electron chi connectivity index (χ4n) is 6.58. The van der Waals surface area contributed by atoms with Crippen LogP contribution in [-0.4, -0.2) is 61.0 Å². The van der Waals surface area contributed by atoms with E-state index >= 15 is 0 Å². The summed E-state index contributed by atoms with van der Waals surface area (Å²) in [6, 6.07) is 10.9. The monoisotopic (exact) mass is 822 g/mol. The van der Waals surface area contributed by atoms with E-state index in [9.17, 15) is 9.59 Å². The van der Waals surface area contributed by atoms with Gasteiger partial charge in [-0.05, 0) is 135 Å². The molecule has 0 spiro atoms. The molecule has 1 amide bonds. The molecule has 1 N–H and O–H groups in total. The minimum atomic E-state index is -2.07. The molecule has 0 heterocycles. The van der Waals surface area contributed by atoms with Gasteiger partial charge in [0.25, 0.3) is 0 Å². The first kappa shape index (κ1) is 49.1. The van der Waals surface area contributed by atoms with E-state index in [2.05, 4.69) is 149 Å². The van der Waals surface area contributed by atoms with E-state index in [1.165, 1.54) is 5.56 Å². The minimum absolute atomic E-state index is 0.0348. The van der Waals surface area contributed by atoms with Gasteiger partial charge in [-0.2, -0.15) is 0 Å². The van der Waals surface area contributed by atoms with Crippen molar-refractivity contribution >= 4 is 47.7 Å². The summed E-state index contributed by atoms with van der Waals surface area (Å²) >= 11 is 5.41. The largest absolute Gasteiger partial charge is 0.414 e. The molecular weight excluding hydrogens is 742 g/mol. The number of hydrogen-bond donors (Lipinski definition) is 1. The minimum Gasteiger partial charge on any atom is -0.414 e. The Morgan fingerprint density at radius 1 is 0.778 bits per heavy atom. The Labute approximate surface area is 340 Å². The number of carbonyl (C=O) groups excluding carboxylic acids is 2. The lowest BCUT2D eigenvalue weighted by Gasteiger charge is -2.41. The van der Waals surface area contributed by atoms with Crippen molar-refractivity contribution in [3.63, 3.8) is 0 Å². The fourth-order valence-corrected chi connectivity index (χ4v) is 10.9. The third-order valence-electron chi connectivity index (χ3n) is 13.2. The molecule has 0 saturated heterocycles. The van der Waals surface area contributed by atoms with Crippen LogP contribution < -0.4 is 5.32 Å². The molecule has 0 aromatic heterocycles. The SMILES string of the molecule is CC(C)(C)[Si](C)(C)OC(CCc1ccccc1)CC[C@H]1C(O[Si](C)(C)C(C)(C)C)CC(O[Si](C)(C)C(C)(C)C)[C@@H]1C/C=C\CCCC(=O)NCCC(=O)Cl. The van der Waals surface area contributed by atoms with Crippen LogP contribution in [-0.2, 0) is 29.3 Å². The molecule has 0 aliphatic heterocycles. The molecule has 1 aliphatic carbocycles. The highest BCUT2D eigenvalue weighted by molar-refractivity contribution is 6.75. The molecule has 1 fully saturated rings. The van der Waals surface area contributed by atoms with Crippen LogP contribution in [0.2, 0.25) is 54.4 Å². The zero-order valence-electron chi connectivity index (χ0n) is 37.1. The molecule has 0 radical (unpaired) electrons. The second kappa shape index (κ2) is 20.6. The summed E-state index contributed by atoms with van der Waals surface area (Å²) in [6.45, 7) is 35.7. The van der Waals surface area contributed by atoms with Gasteiger partial charge in [0.05, 0.1) is 12.2 Å². The van der Waals surface area contributed by atoms with E-state index in [0.29, 0.717) is 24.8 Å². The highest BCUT2D eigenvalue weighted by Gasteiger charge is 2.51. The normalized spacial score (nSPS) is 21.1. The van der Waals surface area contributed by atoms with Gasteiger partial charge in [-0.3, -0.25) is 9.59 Å². The summed E-state index contributed by atoms with van der Waals surface area (Å²) in [4.78, 5) is 23.3. The van der Waals surface area contributed by atoms with Crippen molar-refractivity contribution < 1.29 is 22.9 Å². The van der Waals surface area contributed by atoms with E-state index in [1.807, 2.05) is 0 Å². The van der Waals surface area contributed by atoms with Crippen molar-refractivity contribution in [3.05, 3.63) is 48.0 Å². The molecule has 2 rings (SSSR count). The van der Waals surface area contributed by atoms with Gasteiger partial charge in [-0.15, -0.1) is 0 Å². The Balaban J connectivity index is 2.42. The molecule has 310 valence electrons. The summed E-state index contributed by atoms with van der Waals surface area (Å²) in [5.41, 5.74) is 1.37. The van der Waals surface area contributed by atoms with Gasteiger partial charge in [0, 0.05) is 25.5 Å². The molecule has 54 heavy (non-hydrogen) atoms. The Bertz CT molecular complexity index is 1330. The summed E-state index contributed by atoms with van der Waals surface area (Å²) < 4.78 is 22.0. The third-order valence-corrected chi connectivity index (χ3v) is 26.9. The highest BCUT2D eigenvalue weighted by atomic mass is 35.5. The Kier molecular flexibility index (Phi) is 18.7. The van der Waals surface area contributed by atoms with Crippen molar-refractivity contribution in [2.75, 3.05) is 6.54 Å². The quantitative estimate of drug-likeness (QED) is 0.0579. The van der Waals surface area contributed by atoms with E-state index in [1.54, 1.807) is 0 Å². The van der Waals surface area contributed by atoms with Crippen molar-refractivity contribution in [3.8, 4) is 0 Å². The first-order valence-corrected chi connectivity index (χ1v) is 29.9. The number of benzene rings is 1.